The number of carbonyl (C=O) groups excluding carboxylic acids is 1. The lowest BCUT2D eigenvalue weighted by atomic mass is 10.1. The van der Waals surface area contributed by atoms with Crippen LogP contribution < -0.4 is 10.6 Å². The van der Waals surface area contributed by atoms with Crippen LogP contribution in [0.25, 0.3) is 6.08 Å². The van der Waals surface area contributed by atoms with Crippen LogP contribution in [0.15, 0.2) is 42.0 Å². The van der Waals surface area contributed by atoms with Crippen molar-refractivity contribution in [3.05, 3.63) is 58.3 Å². The van der Waals surface area contributed by atoms with Crippen LogP contribution in [0.1, 0.15) is 16.1 Å². The Hall–Kier alpha value is -2.57. The highest BCUT2D eigenvalue weighted by atomic mass is 35.5. The van der Waals surface area contributed by atoms with Gasteiger partial charge >= 0.3 is 5.97 Å². The van der Waals surface area contributed by atoms with Gasteiger partial charge in [0.2, 0.25) is 0 Å². The Kier molecular flexibility index (Phi) is 5.53. The zero-order chi connectivity index (χ0) is 17.6. The number of hydrogen-bond donors (Lipinski definition) is 2. The van der Waals surface area contributed by atoms with Gasteiger partial charge < -0.3 is 20.1 Å². The molecule has 2 N–H and O–H groups in total. The largest absolute Gasteiger partial charge is 0.464 e. The summed E-state index contributed by atoms with van der Waals surface area (Å²) in [7, 11) is 1.33. The molecule has 130 valence electrons. The van der Waals surface area contributed by atoms with Crippen molar-refractivity contribution in [2.24, 2.45) is 0 Å². The molecule has 6 nitrogen and oxygen atoms in total. The van der Waals surface area contributed by atoms with Gasteiger partial charge in [0, 0.05) is 17.3 Å². The molecule has 0 bridgehead atoms. The van der Waals surface area contributed by atoms with E-state index in [-0.39, 0.29) is 5.69 Å². The molecule has 0 amide bonds. The molecule has 25 heavy (non-hydrogen) atoms. The number of fused-ring (bicyclic) bond motifs is 1. The Labute approximate surface area is 150 Å². The Morgan fingerprint density at radius 1 is 1.40 bits per heavy atom. The Bertz CT molecular complexity index is 808. The van der Waals surface area contributed by atoms with Crippen molar-refractivity contribution >= 4 is 35.2 Å². The van der Waals surface area contributed by atoms with Crippen LogP contribution in [0.2, 0.25) is 5.02 Å². The van der Waals surface area contributed by atoms with E-state index >= 15 is 0 Å². The SMILES string of the molecule is COC(=O)c1cccc(NC/C2=C/c3cc(Cl)ccc3NCOC2)n1. The molecule has 3 rings (SSSR count). The van der Waals surface area contributed by atoms with Crippen molar-refractivity contribution in [3.8, 4) is 0 Å². The molecule has 1 aromatic heterocycles. The molecule has 1 aliphatic heterocycles. The van der Waals surface area contributed by atoms with E-state index < -0.39 is 5.97 Å². The molecule has 2 heterocycles. The second-order valence-electron chi connectivity index (χ2n) is 5.46. The highest BCUT2D eigenvalue weighted by molar-refractivity contribution is 6.30. The summed E-state index contributed by atoms with van der Waals surface area (Å²) in [6.07, 6.45) is 2.03. The van der Waals surface area contributed by atoms with Crippen molar-refractivity contribution in [3.63, 3.8) is 0 Å². The van der Waals surface area contributed by atoms with Crippen LogP contribution in [0, 0.1) is 0 Å². The molecule has 0 fully saturated rings. The minimum atomic E-state index is -0.466. The van der Waals surface area contributed by atoms with Gasteiger partial charge in [-0.25, -0.2) is 9.78 Å². The molecule has 0 saturated heterocycles. The molecule has 0 radical (unpaired) electrons. The van der Waals surface area contributed by atoms with E-state index in [2.05, 4.69) is 20.4 Å². The number of rotatable bonds is 4. The van der Waals surface area contributed by atoms with Gasteiger partial charge in [-0.15, -0.1) is 0 Å². The monoisotopic (exact) mass is 359 g/mol. The molecular weight excluding hydrogens is 342 g/mol. The number of aromatic nitrogens is 1. The summed E-state index contributed by atoms with van der Waals surface area (Å²) in [4.78, 5) is 15.8. The van der Waals surface area contributed by atoms with Crippen LogP contribution in [0.3, 0.4) is 0 Å². The Morgan fingerprint density at radius 3 is 3.12 bits per heavy atom. The van der Waals surface area contributed by atoms with Gasteiger partial charge in [0.25, 0.3) is 0 Å². The molecule has 0 saturated carbocycles. The maximum Gasteiger partial charge on any atom is 0.356 e. The maximum absolute atomic E-state index is 11.6. The first-order chi connectivity index (χ1) is 12.2. The smallest absolute Gasteiger partial charge is 0.356 e. The summed E-state index contributed by atoms with van der Waals surface area (Å²) < 4.78 is 10.3. The third-order valence-electron chi connectivity index (χ3n) is 3.67. The number of methoxy groups -OCH3 is 1. The zero-order valence-corrected chi connectivity index (χ0v) is 14.5. The van der Waals surface area contributed by atoms with Gasteiger partial charge in [0.1, 0.15) is 12.5 Å². The predicted molar refractivity (Wildman–Crippen MR) is 97.9 cm³/mol. The standard InChI is InChI=1S/C18H18ClN3O3/c1-24-18(23)16-3-2-4-17(22-16)20-9-12-7-13-8-14(19)5-6-15(13)21-11-25-10-12/h2-8,21H,9-11H2,1H3,(H,20,22)/b12-7-. The van der Waals surface area contributed by atoms with Crippen molar-refractivity contribution in [2.45, 2.75) is 0 Å². The number of benzene rings is 1. The average molecular weight is 360 g/mol. The highest BCUT2D eigenvalue weighted by Crippen LogP contribution is 2.24. The van der Waals surface area contributed by atoms with Crippen molar-refractivity contribution in [2.75, 3.05) is 37.6 Å². The van der Waals surface area contributed by atoms with Crippen LogP contribution >= 0.6 is 11.6 Å². The fraction of sp³-hybridized carbons (Fsp3) is 0.222. The highest BCUT2D eigenvalue weighted by Gasteiger charge is 2.10. The summed E-state index contributed by atoms with van der Waals surface area (Å²) in [5, 5.41) is 7.09. The molecule has 0 unspecified atom stereocenters. The quantitative estimate of drug-likeness (QED) is 0.815. The lowest BCUT2D eigenvalue weighted by molar-refractivity contribution is 0.0594. The Morgan fingerprint density at radius 2 is 2.28 bits per heavy atom. The first-order valence-corrected chi connectivity index (χ1v) is 8.13. The predicted octanol–water partition coefficient (Wildman–Crippen LogP) is 3.42. The summed E-state index contributed by atoms with van der Waals surface area (Å²) in [5.41, 5.74) is 3.27. The van der Waals surface area contributed by atoms with E-state index in [4.69, 9.17) is 16.3 Å². The molecule has 0 atom stereocenters. The number of carbonyl (C=O) groups is 1. The summed E-state index contributed by atoms with van der Waals surface area (Å²) in [6.45, 7) is 1.42. The first-order valence-electron chi connectivity index (χ1n) is 7.75. The van der Waals surface area contributed by atoms with Gasteiger partial charge in [-0.05, 0) is 47.5 Å². The van der Waals surface area contributed by atoms with Crippen molar-refractivity contribution < 1.29 is 14.3 Å². The van der Waals surface area contributed by atoms with E-state index in [0.717, 1.165) is 16.8 Å². The number of anilines is 2. The van der Waals surface area contributed by atoms with Crippen LogP contribution in [-0.4, -0.2) is 37.9 Å². The molecule has 0 aliphatic carbocycles. The number of ether oxygens (including phenoxy) is 2. The number of esters is 1. The van der Waals surface area contributed by atoms with Crippen LogP contribution in [-0.2, 0) is 9.47 Å². The number of hydrogen-bond acceptors (Lipinski definition) is 6. The first kappa shape index (κ1) is 17.3. The van der Waals surface area contributed by atoms with Gasteiger partial charge in [-0.2, -0.15) is 0 Å². The fourth-order valence-electron chi connectivity index (χ4n) is 2.44. The van der Waals surface area contributed by atoms with E-state index in [1.54, 1.807) is 18.2 Å². The van der Waals surface area contributed by atoms with E-state index in [0.29, 0.717) is 30.7 Å². The molecule has 1 aromatic carbocycles. The molecular formula is C18H18ClN3O3. The topological polar surface area (TPSA) is 72.5 Å². The second-order valence-corrected chi connectivity index (χ2v) is 5.89. The maximum atomic E-state index is 11.6. The van der Waals surface area contributed by atoms with Gasteiger partial charge in [-0.3, -0.25) is 0 Å². The molecule has 0 spiro atoms. The summed E-state index contributed by atoms with van der Waals surface area (Å²) >= 11 is 6.09. The minimum absolute atomic E-state index is 0.261. The number of nitrogens with zero attached hydrogens (tertiary/aromatic N) is 1. The fourth-order valence-corrected chi connectivity index (χ4v) is 2.62. The second kappa shape index (κ2) is 8.00. The van der Waals surface area contributed by atoms with Crippen molar-refractivity contribution in [1.29, 1.82) is 0 Å². The third-order valence-corrected chi connectivity index (χ3v) is 3.90. The third kappa shape index (κ3) is 4.49. The number of nitrogens with one attached hydrogen (secondary N) is 2. The minimum Gasteiger partial charge on any atom is -0.464 e. The molecule has 1 aliphatic rings. The van der Waals surface area contributed by atoms with Gasteiger partial charge in [0.15, 0.2) is 5.69 Å². The molecule has 2 aromatic rings. The van der Waals surface area contributed by atoms with Crippen LogP contribution in [0.4, 0.5) is 11.5 Å². The average Bonchev–Trinajstić information content (AvgIpc) is 2.61. The van der Waals surface area contributed by atoms with Crippen molar-refractivity contribution in [1.82, 2.24) is 4.98 Å². The van der Waals surface area contributed by atoms with E-state index in [1.807, 2.05) is 24.3 Å². The summed E-state index contributed by atoms with van der Waals surface area (Å²) in [5.74, 6) is 0.127. The van der Waals surface area contributed by atoms with Gasteiger partial charge in [-0.1, -0.05) is 17.7 Å². The molecule has 7 heteroatoms. The zero-order valence-electron chi connectivity index (χ0n) is 13.7. The van der Waals surface area contributed by atoms with Crippen LogP contribution in [0.5, 0.6) is 0 Å². The summed E-state index contributed by atoms with van der Waals surface area (Å²) in [6, 6.07) is 10.8. The van der Waals surface area contributed by atoms with E-state index in [1.165, 1.54) is 7.11 Å². The van der Waals surface area contributed by atoms with Gasteiger partial charge in [0.05, 0.1) is 13.7 Å². The normalized spacial score (nSPS) is 15.7. The number of pyridine rings is 1. The number of halogens is 1. The van der Waals surface area contributed by atoms with E-state index in [9.17, 15) is 4.79 Å². The Balaban J connectivity index is 1.76. The lowest BCUT2D eigenvalue weighted by Gasteiger charge is -2.17. The lowest BCUT2D eigenvalue weighted by Crippen LogP contribution is -2.16.